The van der Waals surface area contributed by atoms with Gasteiger partial charge in [0.05, 0.1) is 0 Å². The number of aromatic nitrogens is 1. The van der Waals surface area contributed by atoms with Crippen LogP contribution in [0, 0.1) is 0 Å². The molecule has 0 amide bonds. The Hall–Kier alpha value is -1.10. The molecule has 1 unspecified atom stereocenters. The standard InChI is InChI=1S/C8H8F3NO/c1-13-7(8(9,10)11)6-2-4-12-5-3-6/h2-5,7H,1H3. The van der Waals surface area contributed by atoms with Crippen LogP contribution in [0.15, 0.2) is 24.5 Å². The Morgan fingerprint density at radius 3 is 2.23 bits per heavy atom. The van der Waals surface area contributed by atoms with Crippen LogP contribution in [0.2, 0.25) is 0 Å². The highest BCUT2D eigenvalue weighted by molar-refractivity contribution is 5.14. The van der Waals surface area contributed by atoms with E-state index in [1.54, 1.807) is 0 Å². The Kier molecular flexibility index (Phi) is 2.87. The number of hydrogen-bond acceptors (Lipinski definition) is 2. The summed E-state index contributed by atoms with van der Waals surface area (Å²) in [4.78, 5) is 3.62. The molecule has 2 nitrogen and oxygen atoms in total. The lowest BCUT2D eigenvalue weighted by Gasteiger charge is -2.18. The zero-order chi connectivity index (χ0) is 9.90. The molecular weight excluding hydrogens is 183 g/mol. The number of hydrogen-bond donors (Lipinski definition) is 0. The van der Waals surface area contributed by atoms with E-state index >= 15 is 0 Å². The van der Waals surface area contributed by atoms with E-state index < -0.39 is 12.3 Å². The van der Waals surface area contributed by atoms with Gasteiger partial charge in [0, 0.05) is 19.5 Å². The van der Waals surface area contributed by atoms with Crippen molar-refractivity contribution in [1.82, 2.24) is 4.98 Å². The van der Waals surface area contributed by atoms with Crippen LogP contribution in [-0.4, -0.2) is 18.3 Å². The zero-order valence-electron chi connectivity index (χ0n) is 6.88. The third-order valence-corrected chi connectivity index (χ3v) is 1.54. The molecule has 0 spiro atoms. The van der Waals surface area contributed by atoms with Gasteiger partial charge in [-0.3, -0.25) is 4.98 Å². The van der Waals surface area contributed by atoms with Gasteiger partial charge in [0.25, 0.3) is 0 Å². The minimum absolute atomic E-state index is 0.0602. The molecule has 1 rings (SSSR count). The maximum Gasteiger partial charge on any atom is 0.418 e. The Balaban J connectivity index is 2.92. The molecule has 0 bridgehead atoms. The van der Waals surface area contributed by atoms with E-state index in [1.165, 1.54) is 24.5 Å². The van der Waals surface area contributed by atoms with Crippen molar-refractivity contribution < 1.29 is 17.9 Å². The van der Waals surface area contributed by atoms with Crippen LogP contribution in [0.3, 0.4) is 0 Å². The van der Waals surface area contributed by atoms with E-state index in [-0.39, 0.29) is 5.56 Å². The van der Waals surface area contributed by atoms with E-state index in [0.717, 1.165) is 7.11 Å². The van der Waals surface area contributed by atoms with Crippen LogP contribution in [0.4, 0.5) is 13.2 Å². The van der Waals surface area contributed by atoms with Crippen molar-refractivity contribution in [2.75, 3.05) is 7.11 Å². The quantitative estimate of drug-likeness (QED) is 0.715. The van der Waals surface area contributed by atoms with Crippen molar-refractivity contribution in [3.8, 4) is 0 Å². The molecular formula is C8H8F3NO. The van der Waals surface area contributed by atoms with Crippen LogP contribution in [0.5, 0.6) is 0 Å². The van der Waals surface area contributed by atoms with E-state index in [9.17, 15) is 13.2 Å². The fourth-order valence-electron chi connectivity index (χ4n) is 0.997. The summed E-state index contributed by atoms with van der Waals surface area (Å²) in [5.41, 5.74) is 0.0602. The van der Waals surface area contributed by atoms with Gasteiger partial charge in [-0.25, -0.2) is 0 Å². The lowest BCUT2D eigenvalue weighted by atomic mass is 10.1. The maximum atomic E-state index is 12.3. The molecule has 13 heavy (non-hydrogen) atoms. The minimum atomic E-state index is -4.38. The molecule has 0 aliphatic rings. The smallest absolute Gasteiger partial charge is 0.367 e. The average Bonchev–Trinajstić information content (AvgIpc) is 2.05. The van der Waals surface area contributed by atoms with Gasteiger partial charge >= 0.3 is 6.18 Å². The van der Waals surface area contributed by atoms with Crippen molar-refractivity contribution in [2.45, 2.75) is 12.3 Å². The molecule has 72 valence electrons. The minimum Gasteiger partial charge on any atom is -0.367 e. The zero-order valence-corrected chi connectivity index (χ0v) is 6.88. The number of nitrogens with zero attached hydrogens (tertiary/aromatic N) is 1. The molecule has 0 saturated carbocycles. The monoisotopic (exact) mass is 191 g/mol. The van der Waals surface area contributed by atoms with Crippen LogP contribution in [-0.2, 0) is 4.74 Å². The van der Waals surface area contributed by atoms with Crippen LogP contribution >= 0.6 is 0 Å². The first kappa shape index (κ1) is 9.98. The molecule has 0 aromatic carbocycles. The van der Waals surface area contributed by atoms with Gasteiger partial charge in [0.15, 0.2) is 6.10 Å². The Bertz CT molecular complexity index is 260. The predicted octanol–water partition coefficient (Wildman–Crippen LogP) is 2.33. The topological polar surface area (TPSA) is 22.1 Å². The molecule has 1 heterocycles. The van der Waals surface area contributed by atoms with Crippen LogP contribution < -0.4 is 0 Å². The Morgan fingerprint density at radius 1 is 1.31 bits per heavy atom. The summed E-state index contributed by atoms with van der Waals surface area (Å²) in [7, 11) is 1.03. The SMILES string of the molecule is COC(c1ccncc1)C(F)(F)F. The highest BCUT2D eigenvalue weighted by Gasteiger charge is 2.40. The number of pyridine rings is 1. The summed E-state index contributed by atoms with van der Waals surface area (Å²) in [6, 6.07) is 2.56. The number of halogens is 3. The van der Waals surface area contributed by atoms with Crippen molar-refractivity contribution >= 4 is 0 Å². The number of ether oxygens (including phenoxy) is 1. The van der Waals surface area contributed by atoms with Gasteiger partial charge in [-0.2, -0.15) is 13.2 Å². The van der Waals surface area contributed by atoms with Crippen LogP contribution in [0.25, 0.3) is 0 Å². The van der Waals surface area contributed by atoms with Gasteiger partial charge in [-0.15, -0.1) is 0 Å². The lowest BCUT2D eigenvalue weighted by molar-refractivity contribution is -0.215. The molecule has 0 aliphatic heterocycles. The third kappa shape index (κ3) is 2.42. The van der Waals surface area contributed by atoms with Gasteiger partial charge in [0.2, 0.25) is 0 Å². The maximum absolute atomic E-state index is 12.3. The summed E-state index contributed by atoms with van der Waals surface area (Å²) < 4.78 is 41.1. The second kappa shape index (κ2) is 3.74. The van der Waals surface area contributed by atoms with Gasteiger partial charge in [0.1, 0.15) is 0 Å². The third-order valence-electron chi connectivity index (χ3n) is 1.54. The molecule has 1 aromatic heterocycles. The largest absolute Gasteiger partial charge is 0.418 e. The first-order valence-electron chi connectivity index (χ1n) is 3.55. The molecule has 5 heteroatoms. The highest BCUT2D eigenvalue weighted by atomic mass is 19.4. The van der Waals surface area contributed by atoms with E-state index in [4.69, 9.17) is 0 Å². The number of rotatable bonds is 2. The molecule has 0 N–H and O–H groups in total. The van der Waals surface area contributed by atoms with Crippen LogP contribution in [0.1, 0.15) is 11.7 Å². The van der Waals surface area contributed by atoms with E-state index in [2.05, 4.69) is 9.72 Å². The fourth-order valence-corrected chi connectivity index (χ4v) is 0.997. The average molecular weight is 191 g/mol. The molecule has 1 atom stereocenters. The molecule has 0 aliphatic carbocycles. The molecule has 1 aromatic rings. The van der Waals surface area contributed by atoms with Crippen molar-refractivity contribution in [3.05, 3.63) is 30.1 Å². The summed E-state index contributed by atoms with van der Waals surface area (Å²) in [6.45, 7) is 0. The first-order chi connectivity index (χ1) is 6.05. The molecule has 0 fully saturated rings. The van der Waals surface area contributed by atoms with Crippen molar-refractivity contribution in [3.63, 3.8) is 0 Å². The highest BCUT2D eigenvalue weighted by Crippen LogP contribution is 2.34. The predicted molar refractivity (Wildman–Crippen MR) is 40.0 cm³/mol. The summed E-state index contributed by atoms with van der Waals surface area (Å²) in [6.07, 6.45) is -3.65. The van der Waals surface area contributed by atoms with Crippen molar-refractivity contribution in [2.24, 2.45) is 0 Å². The van der Waals surface area contributed by atoms with E-state index in [1.807, 2.05) is 0 Å². The molecule has 0 radical (unpaired) electrons. The van der Waals surface area contributed by atoms with Gasteiger partial charge < -0.3 is 4.74 Å². The van der Waals surface area contributed by atoms with Crippen molar-refractivity contribution in [1.29, 1.82) is 0 Å². The fraction of sp³-hybridized carbons (Fsp3) is 0.375. The summed E-state index contributed by atoms with van der Waals surface area (Å²) in [5, 5.41) is 0. The lowest BCUT2D eigenvalue weighted by Crippen LogP contribution is -2.22. The van der Waals surface area contributed by atoms with E-state index in [0.29, 0.717) is 0 Å². The first-order valence-corrected chi connectivity index (χ1v) is 3.55. The summed E-state index contributed by atoms with van der Waals surface area (Å²) >= 11 is 0. The second-order valence-corrected chi connectivity index (χ2v) is 2.44. The van der Waals surface area contributed by atoms with Gasteiger partial charge in [-0.1, -0.05) is 0 Å². The Morgan fingerprint density at radius 2 is 1.85 bits per heavy atom. The molecule has 0 saturated heterocycles. The normalized spacial score (nSPS) is 14.2. The Labute approximate surface area is 73.4 Å². The van der Waals surface area contributed by atoms with Gasteiger partial charge in [-0.05, 0) is 17.7 Å². The second-order valence-electron chi connectivity index (χ2n) is 2.44. The summed E-state index contributed by atoms with van der Waals surface area (Å²) in [5.74, 6) is 0. The number of alkyl halides is 3. The number of methoxy groups -OCH3 is 1.